The number of nitrogens with zero attached hydrogens (tertiary/aromatic N) is 6. The molecule has 1 fully saturated rings. The summed E-state index contributed by atoms with van der Waals surface area (Å²) in [6.07, 6.45) is 6.45. The lowest BCUT2D eigenvalue weighted by Crippen LogP contribution is -2.61. The average molecular weight is 348 g/mol. The molecule has 2 aromatic heterocycles. The molecule has 0 bridgehead atoms. The highest BCUT2D eigenvalue weighted by Gasteiger charge is 2.52. The highest BCUT2D eigenvalue weighted by Crippen LogP contribution is 2.46. The van der Waals surface area contributed by atoms with Gasteiger partial charge in [-0.25, -0.2) is 18.7 Å². The number of carbonyl (C=O) groups excluding carboxylic acids is 1. The number of amides is 1. The van der Waals surface area contributed by atoms with Gasteiger partial charge in [-0.1, -0.05) is 6.92 Å². The number of likely N-dealkylation sites (N-methyl/N-ethyl adjacent to an activating group) is 1. The second-order valence-corrected chi connectivity index (χ2v) is 6.50. The van der Waals surface area contributed by atoms with Crippen molar-refractivity contribution in [3.8, 4) is 5.95 Å². The third kappa shape index (κ3) is 2.45. The van der Waals surface area contributed by atoms with E-state index in [0.717, 1.165) is 0 Å². The van der Waals surface area contributed by atoms with E-state index in [0.29, 0.717) is 23.9 Å². The molecular formula is C16H18F2N6O. The summed E-state index contributed by atoms with van der Waals surface area (Å²) in [5, 5.41) is 0. The first-order valence-corrected chi connectivity index (χ1v) is 8.20. The van der Waals surface area contributed by atoms with Crippen LogP contribution in [0.15, 0.2) is 24.9 Å². The predicted molar refractivity (Wildman–Crippen MR) is 87.1 cm³/mol. The zero-order chi connectivity index (χ0) is 17.8. The van der Waals surface area contributed by atoms with Gasteiger partial charge in [-0.15, -0.1) is 0 Å². The van der Waals surface area contributed by atoms with Crippen molar-refractivity contribution in [3.63, 3.8) is 0 Å². The van der Waals surface area contributed by atoms with Gasteiger partial charge in [0, 0.05) is 38.3 Å². The standard InChI is InChI=1S/C16H18F2N6O/c1-3-11-14(25)22(2)12-8-20-15(23-5-4-19-9-23)21-13(12)24(11)10-6-16(17,18)7-10/h4-5,8-11H,3,6-7H2,1-2H3/t11-/m1/s1. The maximum atomic E-state index is 13.5. The van der Waals surface area contributed by atoms with Crippen LogP contribution < -0.4 is 9.80 Å². The normalized spacial score (nSPS) is 22.7. The third-order valence-electron chi connectivity index (χ3n) is 4.88. The fourth-order valence-electron chi connectivity index (χ4n) is 3.52. The topological polar surface area (TPSA) is 67.2 Å². The molecule has 0 radical (unpaired) electrons. The van der Waals surface area contributed by atoms with Crippen LogP contribution in [0.3, 0.4) is 0 Å². The molecule has 3 heterocycles. The van der Waals surface area contributed by atoms with Crippen LogP contribution in [0.25, 0.3) is 5.95 Å². The van der Waals surface area contributed by atoms with Crippen LogP contribution in [-0.4, -0.2) is 50.5 Å². The van der Waals surface area contributed by atoms with E-state index in [2.05, 4.69) is 15.0 Å². The van der Waals surface area contributed by atoms with Gasteiger partial charge in [-0.3, -0.25) is 9.36 Å². The van der Waals surface area contributed by atoms with Crippen molar-refractivity contribution in [1.29, 1.82) is 0 Å². The first kappa shape index (κ1) is 15.9. The van der Waals surface area contributed by atoms with Gasteiger partial charge < -0.3 is 9.80 Å². The number of hydrogen-bond donors (Lipinski definition) is 0. The molecule has 0 unspecified atom stereocenters. The van der Waals surface area contributed by atoms with Gasteiger partial charge in [0.1, 0.15) is 18.1 Å². The summed E-state index contributed by atoms with van der Waals surface area (Å²) < 4.78 is 28.6. The van der Waals surface area contributed by atoms with Crippen molar-refractivity contribution in [2.45, 2.75) is 44.2 Å². The van der Waals surface area contributed by atoms with Crippen LogP contribution in [0.4, 0.5) is 20.3 Å². The maximum Gasteiger partial charge on any atom is 0.252 e. The van der Waals surface area contributed by atoms with Crippen molar-refractivity contribution >= 4 is 17.4 Å². The number of anilines is 2. The van der Waals surface area contributed by atoms with E-state index in [9.17, 15) is 13.6 Å². The fraction of sp³-hybridized carbons (Fsp3) is 0.500. The lowest BCUT2D eigenvalue weighted by molar-refractivity contribution is -0.122. The fourth-order valence-corrected chi connectivity index (χ4v) is 3.52. The molecule has 1 aliphatic heterocycles. The number of hydrogen-bond acceptors (Lipinski definition) is 5. The molecule has 2 aromatic rings. The van der Waals surface area contributed by atoms with E-state index in [1.807, 2.05) is 6.92 Å². The monoisotopic (exact) mass is 348 g/mol. The van der Waals surface area contributed by atoms with Crippen LogP contribution >= 0.6 is 0 Å². The highest BCUT2D eigenvalue weighted by atomic mass is 19.3. The summed E-state index contributed by atoms with van der Waals surface area (Å²) in [6.45, 7) is 1.88. The number of alkyl halides is 2. The molecule has 25 heavy (non-hydrogen) atoms. The van der Waals surface area contributed by atoms with Crippen LogP contribution in [0.5, 0.6) is 0 Å². The van der Waals surface area contributed by atoms with Gasteiger partial charge in [0.2, 0.25) is 11.9 Å². The Morgan fingerprint density at radius 2 is 2.12 bits per heavy atom. The van der Waals surface area contributed by atoms with Crippen molar-refractivity contribution in [2.75, 3.05) is 16.8 Å². The molecule has 0 spiro atoms. The molecule has 0 N–H and O–H groups in total. The molecular weight excluding hydrogens is 330 g/mol. The number of halogens is 2. The number of imidazole rings is 1. The molecule has 1 atom stereocenters. The number of carbonyl (C=O) groups is 1. The lowest BCUT2D eigenvalue weighted by atomic mass is 9.85. The minimum absolute atomic E-state index is 0.121. The zero-order valence-corrected chi connectivity index (χ0v) is 13.9. The molecule has 1 amide bonds. The van der Waals surface area contributed by atoms with E-state index in [1.54, 1.807) is 41.4 Å². The first-order chi connectivity index (χ1) is 11.9. The molecule has 7 nitrogen and oxygen atoms in total. The number of fused-ring (bicyclic) bond motifs is 1. The molecule has 0 aromatic carbocycles. The summed E-state index contributed by atoms with van der Waals surface area (Å²) in [4.78, 5) is 28.8. The largest absolute Gasteiger partial charge is 0.339 e. The van der Waals surface area contributed by atoms with Gasteiger partial charge >= 0.3 is 0 Å². The molecule has 132 valence electrons. The van der Waals surface area contributed by atoms with Crippen molar-refractivity contribution < 1.29 is 13.6 Å². The second kappa shape index (κ2) is 5.47. The molecule has 0 saturated heterocycles. The minimum Gasteiger partial charge on any atom is -0.339 e. The van der Waals surface area contributed by atoms with E-state index in [-0.39, 0.29) is 18.7 Å². The summed E-state index contributed by atoms with van der Waals surface area (Å²) >= 11 is 0. The summed E-state index contributed by atoms with van der Waals surface area (Å²) in [5.41, 5.74) is 0.536. The average Bonchev–Trinajstić information content (AvgIpc) is 3.09. The Morgan fingerprint density at radius 1 is 1.36 bits per heavy atom. The molecule has 1 aliphatic carbocycles. The van der Waals surface area contributed by atoms with E-state index in [4.69, 9.17) is 0 Å². The number of rotatable bonds is 3. The van der Waals surface area contributed by atoms with Gasteiger partial charge in [0.15, 0.2) is 5.82 Å². The van der Waals surface area contributed by atoms with E-state index in [1.165, 1.54) is 4.90 Å². The van der Waals surface area contributed by atoms with Crippen molar-refractivity contribution in [2.24, 2.45) is 0 Å². The Bertz CT molecular complexity index is 801. The Labute approximate surface area is 143 Å². The third-order valence-corrected chi connectivity index (χ3v) is 4.88. The second-order valence-electron chi connectivity index (χ2n) is 6.50. The van der Waals surface area contributed by atoms with E-state index >= 15 is 0 Å². The van der Waals surface area contributed by atoms with Crippen LogP contribution in [0, 0.1) is 0 Å². The molecule has 2 aliphatic rings. The van der Waals surface area contributed by atoms with Gasteiger partial charge in [0.05, 0.1) is 6.20 Å². The van der Waals surface area contributed by atoms with Gasteiger partial charge in [-0.05, 0) is 6.42 Å². The highest BCUT2D eigenvalue weighted by molar-refractivity contribution is 6.04. The zero-order valence-electron chi connectivity index (χ0n) is 13.9. The molecule has 9 heteroatoms. The summed E-state index contributed by atoms with van der Waals surface area (Å²) in [5.74, 6) is -1.88. The number of aromatic nitrogens is 4. The Balaban J connectivity index is 1.81. The maximum absolute atomic E-state index is 13.5. The van der Waals surface area contributed by atoms with Gasteiger partial charge in [-0.2, -0.15) is 4.98 Å². The van der Waals surface area contributed by atoms with Crippen molar-refractivity contribution in [3.05, 3.63) is 24.9 Å². The van der Waals surface area contributed by atoms with Gasteiger partial charge in [0.25, 0.3) is 5.92 Å². The predicted octanol–water partition coefficient (Wildman–Crippen LogP) is 2.02. The van der Waals surface area contributed by atoms with Crippen LogP contribution in [0.2, 0.25) is 0 Å². The first-order valence-electron chi connectivity index (χ1n) is 8.20. The summed E-state index contributed by atoms with van der Waals surface area (Å²) in [7, 11) is 1.66. The quantitative estimate of drug-likeness (QED) is 0.849. The van der Waals surface area contributed by atoms with Crippen molar-refractivity contribution in [1.82, 2.24) is 19.5 Å². The van der Waals surface area contributed by atoms with E-state index < -0.39 is 18.0 Å². The Kier molecular flexibility index (Phi) is 3.48. The summed E-state index contributed by atoms with van der Waals surface area (Å²) in [6, 6.07) is -0.897. The Hall–Kier alpha value is -2.58. The van der Waals surface area contributed by atoms with Crippen LogP contribution in [0.1, 0.15) is 26.2 Å². The molecule has 1 saturated carbocycles. The molecule has 4 rings (SSSR count). The smallest absolute Gasteiger partial charge is 0.252 e. The lowest BCUT2D eigenvalue weighted by Gasteiger charge is -2.49. The minimum atomic E-state index is -2.67. The van der Waals surface area contributed by atoms with Crippen LogP contribution in [-0.2, 0) is 4.79 Å². The Morgan fingerprint density at radius 3 is 2.72 bits per heavy atom. The SMILES string of the molecule is CC[C@@H]1C(=O)N(C)c2cnc(-n3ccnc3)nc2N1C1CC(F)(F)C1.